The summed E-state index contributed by atoms with van der Waals surface area (Å²) in [5.74, 6) is 2.10. The number of fused-ring (bicyclic) bond motifs is 1. The third-order valence-corrected chi connectivity index (χ3v) is 10.9. The van der Waals surface area contributed by atoms with E-state index < -0.39 is 12.2 Å². The number of urea groups is 1. The van der Waals surface area contributed by atoms with Crippen LogP contribution in [0.2, 0.25) is 0 Å². The van der Waals surface area contributed by atoms with Crippen LogP contribution in [0.15, 0.2) is 36.4 Å². The van der Waals surface area contributed by atoms with Gasteiger partial charge in [-0.1, -0.05) is 37.8 Å². The van der Waals surface area contributed by atoms with Crippen LogP contribution in [0.25, 0.3) is 0 Å². The van der Waals surface area contributed by atoms with Gasteiger partial charge in [0.2, 0.25) is 0 Å². The molecule has 4 heterocycles. The number of benzene rings is 2. The first-order valence-electron chi connectivity index (χ1n) is 17.6. The van der Waals surface area contributed by atoms with Crippen LogP contribution >= 0.6 is 0 Å². The molecular formula is C38H55N5O5. The van der Waals surface area contributed by atoms with Crippen LogP contribution in [0.1, 0.15) is 68.2 Å². The number of methoxy groups -OCH3 is 1. The van der Waals surface area contributed by atoms with Gasteiger partial charge in [-0.2, -0.15) is 0 Å². The second-order valence-electron chi connectivity index (χ2n) is 13.8. The molecule has 2 aromatic rings. The summed E-state index contributed by atoms with van der Waals surface area (Å²) in [6.07, 6.45) is 5.50. The number of anilines is 1. The van der Waals surface area contributed by atoms with Crippen molar-refractivity contribution in [3.63, 3.8) is 0 Å². The third kappa shape index (κ3) is 8.08. The SMILES string of the molecule is C.COc1c(C)cc(C[C@@H](OC(=O)N2CCC(N3CCc4ccccc4NC3=O)CC2)C(=O)N2CCC(C3CCNCC3)CC2)cc1C. The van der Waals surface area contributed by atoms with Crippen LogP contribution in [0, 0.1) is 25.7 Å². The van der Waals surface area contributed by atoms with Crippen LogP contribution in [0.4, 0.5) is 15.3 Å². The number of para-hydroxylation sites is 1. The predicted molar refractivity (Wildman–Crippen MR) is 189 cm³/mol. The quantitative estimate of drug-likeness (QED) is 0.390. The molecule has 4 aliphatic rings. The van der Waals surface area contributed by atoms with Gasteiger partial charge in [0.25, 0.3) is 5.91 Å². The summed E-state index contributed by atoms with van der Waals surface area (Å²) >= 11 is 0. The molecule has 0 aromatic heterocycles. The maximum atomic E-state index is 14.1. The fourth-order valence-corrected chi connectivity index (χ4v) is 8.28. The van der Waals surface area contributed by atoms with Crippen molar-refractivity contribution in [1.82, 2.24) is 20.0 Å². The van der Waals surface area contributed by atoms with E-state index in [-0.39, 0.29) is 25.4 Å². The number of amides is 4. The standard InChI is InChI=1S/C37H51N5O5.CH4/c1-25-22-27(23-26(2)34(25)46-3)24-33(35(43)40-17-10-29(11-18-40)28-8-15-38-16-9-28)47-37(45)41-19-13-31(14-20-41)42-21-12-30-6-4-5-7-32(30)39-36(42)44;/h4-7,22-23,28-29,31,33,38H,8-21,24H2,1-3H3,(H,39,44);1H4/t33-;/m1./s1. The van der Waals surface area contributed by atoms with Gasteiger partial charge >= 0.3 is 12.1 Å². The Hall–Kier alpha value is -3.79. The Bertz CT molecular complexity index is 1400. The van der Waals surface area contributed by atoms with Crippen molar-refractivity contribution in [2.24, 2.45) is 11.8 Å². The van der Waals surface area contributed by atoms with Gasteiger partial charge in [0.1, 0.15) is 5.75 Å². The second kappa shape index (κ2) is 16.1. The van der Waals surface area contributed by atoms with E-state index in [0.717, 1.165) is 72.0 Å². The molecule has 0 spiro atoms. The van der Waals surface area contributed by atoms with Crippen molar-refractivity contribution < 1.29 is 23.9 Å². The van der Waals surface area contributed by atoms with E-state index in [2.05, 4.69) is 16.7 Å². The molecule has 2 aromatic carbocycles. The molecule has 3 saturated heterocycles. The minimum atomic E-state index is -0.905. The maximum absolute atomic E-state index is 14.1. The van der Waals surface area contributed by atoms with Crippen molar-refractivity contribution in [2.45, 2.75) is 84.8 Å². The molecule has 0 radical (unpaired) electrons. The summed E-state index contributed by atoms with van der Waals surface area (Å²) in [5.41, 5.74) is 4.94. The van der Waals surface area contributed by atoms with Gasteiger partial charge in [0, 0.05) is 50.9 Å². The van der Waals surface area contributed by atoms with E-state index in [1.54, 1.807) is 12.0 Å². The molecule has 2 N–H and O–H groups in total. The number of rotatable bonds is 7. The number of carbonyl (C=O) groups is 3. The first-order valence-corrected chi connectivity index (χ1v) is 17.6. The maximum Gasteiger partial charge on any atom is 0.410 e. The van der Waals surface area contributed by atoms with Gasteiger partial charge in [0.05, 0.1) is 7.11 Å². The lowest BCUT2D eigenvalue weighted by atomic mass is 9.79. The lowest BCUT2D eigenvalue weighted by Gasteiger charge is -2.39. The summed E-state index contributed by atoms with van der Waals surface area (Å²) in [6, 6.07) is 11.9. The second-order valence-corrected chi connectivity index (χ2v) is 13.8. The third-order valence-electron chi connectivity index (χ3n) is 10.9. The summed E-state index contributed by atoms with van der Waals surface area (Å²) in [7, 11) is 1.66. The summed E-state index contributed by atoms with van der Waals surface area (Å²) < 4.78 is 11.7. The van der Waals surface area contributed by atoms with Crippen molar-refractivity contribution in [1.29, 1.82) is 0 Å². The highest BCUT2D eigenvalue weighted by atomic mass is 16.6. The molecule has 0 unspecified atom stereocenters. The number of hydrogen-bond acceptors (Lipinski definition) is 6. The van der Waals surface area contributed by atoms with E-state index in [4.69, 9.17) is 9.47 Å². The van der Waals surface area contributed by atoms with Gasteiger partial charge in [-0.3, -0.25) is 4.79 Å². The fourth-order valence-electron chi connectivity index (χ4n) is 8.28. The highest BCUT2D eigenvalue weighted by molar-refractivity contribution is 5.91. The summed E-state index contributed by atoms with van der Waals surface area (Å²) in [5, 5.41) is 6.52. The lowest BCUT2D eigenvalue weighted by molar-refractivity contribution is -0.142. The molecule has 10 nitrogen and oxygen atoms in total. The van der Waals surface area contributed by atoms with Crippen molar-refractivity contribution in [2.75, 3.05) is 58.2 Å². The zero-order chi connectivity index (χ0) is 32.9. The average Bonchev–Trinajstić information content (AvgIpc) is 3.26. The van der Waals surface area contributed by atoms with Crippen LogP contribution < -0.4 is 15.4 Å². The minimum absolute atomic E-state index is 0. The fraction of sp³-hybridized carbons (Fsp3) is 0.605. The molecule has 1 atom stereocenters. The first-order chi connectivity index (χ1) is 22.8. The molecular weight excluding hydrogens is 606 g/mol. The average molecular weight is 662 g/mol. The molecule has 0 aliphatic carbocycles. The van der Waals surface area contributed by atoms with Gasteiger partial charge in [-0.25, -0.2) is 9.59 Å². The van der Waals surface area contributed by atoms with E-state index in [1.807, 2.05) is 54.0 Å². The van der Waals surface area contributed by atoms with Crippen molar-refractivity contribution in [3.8, 4) is 5.75 Å². The van der Waals surface area contributed by atoms with E-state index in [0.29, 0.717) is 57.9 Å². The van der Waals surface area contributed by atoms with Crippen molar-refractivity contribution >= 4 is 23.7 Å². The lowest BCUT2D eigenvalue weighted by Crippen LogP contribution is -2.52. The normalized spacial score (nSPS) is 20.2. The molecule has 4 amide bonds. The first kappa shape index (κ1) is 35.5. The molecule has 3 fully saturated rings. The van der Waals surface area contributed by atoms with E-state index in [1.165, 1.54) is 12.8 Å². The minimum Gasteiger partial charge on any atom is -0.496 e. The Balaban J connectivity index is 0.00000451. The smallest absolute Gasteiger partial charge is 0.410 e. The number of nitrogens with zero attached hydrogens (tertiary/aromatic N) is 3. The van der Waals surface area contributed by atoms with Gasteiger partial charge in [-0.05, 0) is 112 Å². The Labute approximate surface area is 286 Å². The molecule has 48 heavy (non-hydrogen) atoms. The van der Waals surface area contributed by atoms with Gasteiger partial charge in [-0.15, -0.1) is 0 Å². The Kier molecular flexibility index (Phi) is 11.9. The van der Waals surface area contributed by atoms with Crippen LogP contribution in [0.3, 0.4) is 0 Å². The monoisotopic (exact) mass is 661 g/mol. The zero-order valence-electron chi connectivity index (χ0n) is 28.3. The van der Waals surface area contributed by atoms with E-state index in [9.17, 15) is 14.4 Å². The molecule has 4 aliphatic heterocycles. The number of hydrogen-bond donors (Lipinski definition) is 2. The number of ether oxygens (including phenoxy) is 2. The van der Waals surface area contributed by atoms with Crippen molar-refractivity contribution in [3.05, 3.63) is 58.7 Å². The van der Waals surface area contributed by atoms with Crippen LogP contribution in [-0.2, 0) is 22.4 Å². The van der Waals surface area contributed by atoms with Gasteiger partial charge < -0.3 is 34.8 Å². The molecule has 10 heteroatoms. The van der Waals surface area contributed by atoms with E-state index >= 15 is 0 Å². The van der Waals surface area contributed by atoms with Crippen LogP contribution in [0.5, 0.6) is 5.75 Å². The Morgan fingerprint density at radius 3 is 2.17 bits per heavy atom. The van der Waals surface area contributed by atoms with Crippen LogP contribution in [-0.4, -0.2) is 97.8 Å². The number of aryl methyl sites for hydroxylation is 2. The summed E-state index contributed by atoms with van der Waals surface area (Å²) in [6.45, 7) is 9.16. The number of piperidine rings is 3. The molecule has 262 valence electrons. The Morgan fingerprint density at radius 2 is 1.50 bits per heavy atom. The topological polar surface area (TPSA) is 103 Å². The molecule has 0 bridgehead atoms. The van der Waals surface area contributed by atoms with Gasteiger partial charge in [0.15, 0.2) is 6.10 Å². The number of likely N-dealkylation sites (tertiary alicyclic amines) is 2. The number of carbonyl (C=O) groups excluding carboxylic acids is 3. The summed E-state index contributed by atoms with van der Waals surface area (Å²) in [4.78, 5) is 46.3. The Morgan fingerprint density at radius 1 is 0.875 bits per heavy atom. The largest absolute Gasteiger partial charge is 0.496 e. The highest BCUT2D eigenvalue weighted by Gasteiger charge is 2.36. The zero-order valence-corrected chi connectivity index (χ0v) is 28.3. The molecule has 6 rings (SSSR count). The predicted octanol–water partition coefficient (Wildman–Crippen LogP) is 5.79. The highest BCUT2D eigenvalue weighted by Crippen LogP contribution is 2.32. The number of nitrogens with one attached hydrogen (secondary N) is 2. The molecule has 0 saturated carbocycles.